The third-order valence-electron chi connectivity index (χ3n) is 6.31. The van der Waals surface area contributed by atoms with Crippen LogP contribution in [0.1, 0.15) is 44.1 Å². The standard InChI is InChI=1S/C25H27FN2O3/c26-20-11-13-21(14-12-20)28-23(29)17-22(25(28)31)27(16-15-18-7-3-1-4-8-18)24(30)19-9-5-2-6-10-19/h1,3-4,7-8,11-14,19,22H,2,5-6,9-10,15-17H2. The molecule has 1 unspecified atom stereocenters. The first-order valence-electron chi connectivity index (χ1n) is 11.0. The van der Waals surface area contributed by atoms with Crippen LogP contribution >= 0.6 is 0 Å². The normalized spacial score (nSPS) is 19.6. The van der Waals surface area contributed by atoms with E-state index in [1.807, 2.05) is 30.3 Å². The summed E-state index contributed by atoms with van der Waals surface area (Å²) in [6.07, 6.45) is 5.41. The smallest absolute Gasteiger partial charge is 0.257 e. The number of halogens is 1. The molecule has 0 bridgehead atoms. The van der Waals surface area contributed by atoms with Crippen LogP contribution in [0.4, 0.5) is 10.1 Å². The van der Waals surface area contributed by atoms with Gasteiger partial charge < -0.3 is 4.90 Å². The summed E-state index contributed by atoms with van der Waals surface area (Å²) in [4.78, 5) is 42.2. The second-order valence-electron chi connectivity index (χ2n) is 8.37. The Kier molecular flexibility index (Phi) is 6.44. The lowest BCUT2D eigenvalue weighted by Gasteiger charge is -2.32. The van der Waals surface area contributed by atoms with Gasteiger partial charge in [-0.2, -0.15) is 0 Å². The van der Waals surface area contributed by atoms with Gasteiger partial charge in [0, 0.05) is 12.5 Å². The van der Waals surface area contributed by atoms with E-state index < -0.39 is 17.8 Å². The molecule has 2 aromatic rings. The van der Waals surface area contributed by atoms with Gasteiger partial charge in [-0.25, -0.2) is 9.29 Å². The van der Waals surface area contributed by atoms with Crippen molar-refractivity contribution in [1.29, 1.82) is 0 Å². The lowest BCUT2D eigenvalue weighted by Crippen LogP contribution is -2.48. The SMILES string of the molecule is O=C1CC(N(CCc2ccccc2)C(=O)C2CCCCC2)C(=O)N1c1ccc(F)cc1. The van der Waals surface area contributed by atoms with Crippen molar-refractivity contribution in [1.82, 2.24) is 4.90 Å². The number of anilines is 1. The highest BCUT2D eigenvalue weighted by Gasteiger charge is 2.45. The van der Waals surface area contributed by atoms with Crippen molar-refractivity contribution >= 4 is 23.4 Å². The molecule has 1 heterocycles. The molecule has 3 amide bonds. The van der Waals surface area contributed by atoms with Crippen molar-refractivity contribution in [3.05, 3.63) is 66.0 Å². The number of rotatable bonds is 6. The van der Waals surface area contributed by atoms with E-state index in [1.165, 1.54) is 24.3 Å². The van der Waals surface area contributed by atoms with Crippen LogP contribution < -0.4 is 4.90 Å². The van der Waals surface area contributed by atoms with Crippen molar-refractivity contribution in [3.63, 3.8) is 0 Å². The Labute approximate surface area is 181 Å². The molecule has 1 saturated carbocycles. The van der Waals surface area contributed by atoms with E-state index in [2.05, 4.69) is 0 Å². The van der Waals surface area contributed by atoms with Crippen LogP contribution in [-0.2, 0) is 20.8 Å². The van der Waals surface area contributed by atoms with Crippen molar-refractivity contribution < 1.29 is 18.8 Å². The van der Waals surface area contributed by atoms with Gasteiger partial charge in [-0.05, 0) is 49.1 Å². The topological polar surface area (TPSA) is 57.7 Å². The molecule has 0 N–H and O–H groups in total. The molecule has 0 aromatic heterocycles. The number of benzene rings is 2. The highest BCUT2D eigenvalue weighted by atomic mass is 19.1. The fraction of sp³-hybridized carbons (Fsp3) is 0.400. The second-order valence-corrected chi connectivity index (χ2v) is 8.37. The molecule has 2 aliphatic rings. The van der Waals surface area contributed by atoms with Crippen molar-refractivity contribution in [2.45, 2.75) is 51.0 Å². The number of nitrogens with zero attached hydrogens (tertiary/aromatic N) is 2. The van der Waals surface area contributed by atoms with Crippen LogP contribution in [0.3, 0.4) is 0 Å². The van der Waals surface area contributed by atoms with E-state index in [4.69, 9.17) is 0 Å². The molecule has 5 nitrogen and oxygen atoms in total. The van der Waals surface area contributed by atoms with E-state index >= 15 is 0 Å². The van der Waals surface area contributed by atoms with Gasteiger partial charge in [0.2, 0.25) is 11.8 Å². The Morgan fingerprint density at radius 3 is 2.32 bits per heavy atom. The summed E-state index contributed by atoms with van der Waals surface area (Å²) in [6, 6.07) is 14.3. The monoisotopic (exact) mass is 422 g/mol. The lowest BCUT2D eigenvalue weighted by atomic mass is 9.87. The van der Waals surface area contributed by atoms with Gasteiger partial charge in [-0.1, -0.05) is 49.6 Å². The molecule has 4 rings (SSSR count). The summed E-state index contributed by atoms with van der Waals surface area (Å²) in [5.41, 5.74) is 1.42. The molecule has 2 fully saturated rings. The molecule has 2 aromatic carbocycles. The Morgan fingerprint density at radius 2 is 1.65 bits per heavy atom. The number of carbonyl (C=O) groups excluding carboxylic acids is 3. The van der Waals surface area contributed by atoms with E-state index in [0.717, 1.165) is 42.6 Å². The van der Waals surface area contributed by atoms with E-state index in [-0.39, 0.29) is 24.2 Å². The van der Waals surface area contributed by atoms with Gasteiger partial charge in [-0.3, -0.25) is 14.4 Å². The van der Waals surface area contributed by atoms with Crippen LogP contribution in [0.25, 0.3) is 0 Å². The summed E-state index contributed by atoms with van der Waals surface area (Å²) in [6.45, 7) is 0.389. The molecular formula is C25H27FN2O3. The van der Waals surface area contributed by atoms with Crippen molar-refractivity contribution in [3.8, 4) is 0 Å². The van der Waals surface area contributed by atoms with Gasteiger partial charge in [-0.15, -0.1) is 0 Å². The largest absolute Gasteiger partial charge is 0.330 e. The maximum Gasteiger partial charge on any atom is 0.257 e. The van der Waals surface area contributed by atoms with Crippen LogP contribution in [0.2, 0.25) is 0 Å². The Morgan fingerprint density at radius 1 is 0.968 bits per heavy atom. The van der Waals surface area contributed by atoms with Crippen LogP contribution in [0.5, 0.6) is 0 Å². The first kappa shape index (κ1) is 21.2. The van der Waals surface area contributed by atoms with Crippen LogP contribution in [0.15, 0.2) is 54.6 Å². The summed E-state index contributed by atoms with van der Waals surface area (Å²) in [7, 11) is 0. The second kappa shape index (κ2) is 9.41. The van der Waals surface area contributed by atoms with E-state index in [9.17, 15) is 18.8 Å². The van der Waals surface area contributed by atoms with E-state index in [1.54, 1.807) is 4.90 Å². The third kappa shape index (κ3) is 4.68. The number of hydrogen-bond donors (Lipinski definition) is 0. The zero-order valence-corrected chi connectivity index (χ0v) is 17.5. The minimum atomic E-state index is -0.810. The Hall–Kier alpha value is -3.02. The lowest BCUT2D eigenvalue weighted by molar-refractivity contribution is -0.142. The van der Waals surface area contributed by atoms with Crippen molar-refractivity contribution in [2.75, 3.05) is 11.4 Å². The summed E-state index contributed by atoms with van der Waals surface area (Å²) >= 11 is 0. The molecule has 1 atom stereocenters. The quantitative estimate of drug-likeness (QED) is 0.659. The van der Waals surface area contributed by atoms with Gasteiger partial charge >= 0.3 is 0 Å². The maximum atomic E-state index is 13.4. The minimum absolute atomic E-state index is 0.0252. The predicted molar refractivity (Wildman–Crippen MR) is 116 cm³/mol. The molecule has 31 heavy (non-hydrogen) atoms. The average molecular weight is 423 g/mol. The highest BCUT2D eigenvalue weighted by molar-refractivity contribution is 6.23. The first-order chi connectivity index (χ1) is 15.0. The number of hydrogen-bond acceptors (Lipinski definition) is 3. The Balaban J connectivity index is 1.57. The van der Waals surface area contributed by atoms with Gasteiger partial charge in [0.1, 0.15) is 11.9 Å². The predicted octanol–water partition coefficient (Wildman–Crippen LogP) is 4.11. The third-order valence-corrected chi connectivity index (χ3v) is 6.31. The van der Waals surface area contributed by atoms with E-state index in [0.29, 0.717) is 18.7 Å². The zero-order chi connectivity index (χ0) is 21.8. The summed E-state index contributed by atoms with van der Waals surface area (Å²) < 4.78 is 13.3. The minimum Gasteiger partial charge on any atom is -0.330 e. The van der Waals surface area contributed by atoms with Gasteiger partial charge in [0.05, 0.1) is 12.1 Å². The average Bonchev–Trinajstić information content (AvgIpc) is 3.09. The number of amides is 3. The fourth-order valence-electron chi connectivity index (χ4n) is 4.62. The van der Waals surface area contributed by atoms with Gasteiger partial charge in [0.15, 0.2) is 0 Å². The molecule has 1 aliphatic carbocycles. The Bertz CT molecular complexity index is 939. The zero-order valence-electron chi connectivity index (χ0n) is 17.5. The number of carbonyl (C=O) groups is 3. The fourth-order valence-corrected chi connectivity index (χ4v) is 4.62. The highest BCUT2D eigenvalue weighted by Crippen LogP contribution is 2.30. The molecule has 6 heteroatoms. The van der Waals surface area contributed by atoms with Crippen molar-refractivity contribution in [2.24, 2.45) is 5.92 Å². The molecule has 1 saturated heterocycles. The van der Waals surface area contributed by atoms with Crippen LogP contribution in [-0.4, -0.2) is 35.2 Å². The molecule has 0 spiro atoms. The summed E-state index contributed by atoms with van der Waals surface area (Å²) in [5.74, 6) is -1.32. The first-order valence-corrected chi connectivity index (χ1v) is 11.0. The van der Waals surface area contributed by atoms with Crippen LogP contribution in [0, 0.1) is 11.7 Å². The number of imide groups is 1. The molecule has 162 valence electrons. The molecule has 1 aliphatic heterocycles. The molecular weight excluding hydrogens is 395 g/mol. The van der Waals surface area contributed by atoms with Gasteiger partial charge in [0.25, 0.3) is 5.91 Å². The molecule has 0 radical (unpaired) electrons. The summed E-state index contributed by atoms with van der Waals surface area (Å²) in [5, 5.41) is 0. The maximum absolute atomic E-state index is 13.4.